The first kappa shape index (κ1) is 47.1. The van der Waals surface area contributed by atoms with Crippen LogP contribution in [0.15, 0.2) is 47.6 Å². The molecule has 2 atom stereocenters. The number of morpholine rings is 6. The van der Waals surface area contributed by atoms with Crippen molar-refractivity contribution in [1.29, 1.82) is 0 Å². The third-order valence-electron chi connectivity index (χ3n) is 14.9. The van der Waals surface area contributed by atoms with Crippen LogP contribution in [0.3, 0.4) is 0 Å². The molecule has 2 aromatic carbocycles. The Morgan fingerprint density at radius 2 is 0.754 bits per heavy atom. The number of benzene rings is 2. The Morgan fingerprint density at radius 3 is 1.08 bits per heavy atom. The SMILES string of the molecule is CC(C1=CC(CN2CCOCC2)C(O)C(CN2CCOCC2)=C1)(c1cc(CN2CCOCC2)c(O)c(CN2CCOCC2)c1)c1cc(CN2CCOCC2)c(O)c(CN2CCOCC2)c1. The molecular weight excluding hydrogens is 829 g/mol. The zero-order chi connectivity index (χ0) is 44.6. The van der Waals surface area contributed by atoms with Gasteiger partial charge < -0.3 is 43.7 Å². The van der Waals surface area contributed by atoms with Gasteiger partial charge in [0, 0.05) is 151 Å². The summed E-state index contributed by atoms with van der Waals surface area (Å²) in [6.45, 7) is 23.9. The summed E-state index contributed by atoms with van der Waals surface area (Å²) in [6, 6.07) is 9.01. The fraction of sp³-hybridized carbons (Fsp3) is 0.680. The summed E-state index contributed by atoms with van der Waals surface area (Å²) < 4.78 is 34.6. The first-order chi connectivity index (χ1) is 31.8. The number of ether oxygens (including phenoxy) is 6. The first-order valence-corrected chi connectivity index (χ1v) is 24.4. The molecule has 0 spiro atoms. The normalized spacial score (nSPS) is 25.7. The van der Waals surface area contributed by atoms with Crippen LogP contribution in [0.2, 0.25) is 0 Å². The molecule has 0 saturated carbocycles. The van der Waals surface area contributed by atoms with Gasteiger partial charge in [-0.15, -0.1) is 0 Å². The summed E-state index contributed by atoms with van der Waals surface area (Å²) in [6.07, 6.45) is 3.99. The van der Waals surface area contributed by atoms with Gasteiger partial charge in [0.1, 0.15) is 11.5 Å². The van der Waals surface area contributed by atoms with Gasteiger partial charge in [-0.2, -0.15) is 0 Å². The molecule has 6 fully saturated rings. The van der Waals surface area contributed by atoms with Crippen LogP contribution >= 0.6 is 0 Å². The van der Waals surface area contributed by atoms with Gasteiger partial charge in [-0.05, 0) is 53.5 Å². The standard InChI is InChI=1S/C50H74N6O9/c1-50(44-26-38(32-51-2-14-60-15-3-51)47(57)39(27-44)33-52-4-16-61-17-5-52,45-28-40(34-53-6-18-62-19-7-53)48(58)41(29-45)35-54-8-20-63-21-9-54)46-30-42(36-55-10-22-64-23-11-55)49(59)43(31-46)37-56-12-24-65-25-13-56/h26-31,38,47,57-59H,2-25,32-37H2,1H3. The van der Waals surface area contributed by atoms with Gasteiger partial charge in [0.15, 0.2) is 0 Å². The quantitative estimate of drug-likeness (QED) is 0.241. The molecule has 358 valence electrons. The number of hydrogen-bond acceptors (Lipinski definition) is 15. The second-order valence-electron chi connectivity index (χ2n) is 19.2. The molecule has 15 heteroatoms. The number of aromatic hydroxyl groups is 2. The minimum absolute atomic E-state index is 0.168. The largest absolute Gasteiger partial charge is 0.507 e. The zero-order valence-electron chi connectivity index (χ0n) is 38.8. The molecule has 6 aliphatic heterocycles. The molecule has 0 amide bonds. The average molecular weight is 903 g/mol. The third kappa shape index (κ3) is 11.7. The van der Waals surface area contributed by atoms with E-state index in [1.165, 1.54) is 0 Å². The Morgan fingerprint density at radius 1 is 0.462 bits per heavy atom. The highest BCUT2D eigenvalue weighted by Crippen LogP contribution is 2.47. The van der Waals surface area contributed by atoms with E-state index >= 15 is 0 Å². The molecule has 6 heterocycles. The van der Waals surface area contributed by atoms with E-state index in [0.717, 1.165) is 123 Å². The maximum Gasteiger partial charge on any atom is 0.124 e. The first-order valence-electron chi connectivity index (χ1n) is 24.4. The minimum atomic E-state index is -0.778. The molecule has 2 unspecified atom stereocenters. The highest BCUT2D eigenvalue weighted by molar-refractivity contribution is 5.60. The summed E-state index contributed by atoms with van der Waals surface area (Å²) in [7, 11) is 0. The lowest BCUT2D eigenvalue weighted by atomic mass is 9.66. The second kappa shape index (κ2) is 22.4. The fourth-order valence-electron chi connectivity index (χ4n) is 10.7. The Balaban J connectivity index is 1.23. The second-order valence-corrected chi connectivity index (χ2v) is 19.2. The van der Waals surface area contributed by atoms with Crippen molar-refractivity contribution < 1.29 is 43.7 Å². The molecule has 7 aliphatic rings. The number of nitrogens with zero attached hydrogens (tertiary/aromatic N) is 6. The van der Waals surface area contributed by atoms with Gasteiger partial charge in [-0.1, -0.05) is 12.2 Å². The lowest BCUT2D eigenvalue weighted by Crippen LogP contribution is -2.45. The van der Waals surface area contributed by atoms with Gasteiger partial charge in [-0.25, -0.2) is 0 Å². The molecule has 3 N–H and O–H groups in total. The highest BCUT2D eigenvalue weighted by Gasteiger charge is 2.40. The van der Waals surface area contributed by atoms with Crippen molar-refractivity contribution in [1.82, 2.24) is 29.4 Å². The van der Waals surface area contributed by atoms with Crippen LogP contribution in [0.25, 0.3) is 0 Å². The smallest absolute Gasteiger partial charge is 0.124 e. The van der Waals surface area contributed by atoms with Crippen LogP contribution in [0.1, 0.15) is 40.3 Å². The summed E-state index contributed by atoms with van der Waals surface area (Å²) >= 11 is 0. The third-order valence-corrected chi connectivity index (χ3v) is 14.9. The van der Waals surface area contributed by atoms with E-state index in [1.54, 1.807) is 0 Å². The molecular formula is C50H74N6O9. The number of hydrogen-bond donors (Lipinski definition) is 3. The molecule has 2 aromatic rings. The van der Waals surface area contributed by atoms with Crippen molar-refractivity contribution in [3.8, 4) is 11.5 Å². The van der Waals surface area contributed by atoms with E-state index in [0.29, 0.717) is 130 Å². The highest BCUT2D eigenvalue weighted by atomic mass is 16.5. The van der Waals surface area contributed by atoms with Crippen molar-refractivity contribution in [3.63, 3.8) is 0 Å². The molecule has 0 aromatic heterocycles. The summed E-state index contributed by atoms with van der Waals surface area (Å²) in [5.41, 5.74) is 7.11. The van der Waals surface area contributed by atoms with E-state index < -0.39 is 11.5 Å². The molecule has 1 aliphatic carbocycles. The summed E-state index contributed by atoms with van der Waals surface area (Å²) in [5, 5.41) is 37.1. The molecule has 0 bridgehead atoms. The van der Waals surface area contributed by atoms with Crippen LogP contribution < -0.4 is 0 Å². The lowest BCUT2D eigenvalue weighted by molar-refractivity contribution is 0.0200. The van der Waals surface area contributed by atoms with E-state index in [1.807, 2.05) is 0 Å². The van der Waals surface area contributed by atoms with Crippen molar-refractivity contribution in [2.24, 2.45) is 5.92 Å². The van der Waals surface area contributed by atoms with E-state index in [2.05, 4.69) is 72.7 Å². The topological polar surface area (TPSA) is 136 Å². The van der Waals surface area contributed by atoms with Gasteiger partial charge in [0.2, 0.25) is 0 Å². The molecule has 0 radical (unpaired) electrons. The van der Waals surface area contributed by atoms with Gasteiger partial charge in [0.05, 0.1) is 85.4 Å². The van der Waals surface area contributed by atoms with Crippen molar-refractivity contribution in [3.05, 3.63) is 80.9 Å². The fourth-order valence-corrected chi connectivity index (χ4v) is 10.7. The van der Waals surface area contributed by atoms with Crippen molar-refractivity contribution in [2.75, 3.05) is 171 Å². The predicted molar refractivity (Wildman–Crippen MR) is 247 cm³/mol. The zero-order valence-corrected chi connectivity index (χ0v) is 38.8. The van der Waals surface area contributed by atoms with Crippen molar-refractivity contribution >= 4 is 0 Å². The Hall–Kier alpha value is -3.00. The Labute approximate surface area is 386 Å². The Kier molecular flexibility index (Phi) is 16.2. The number of allylic oxidation sites excluding steroid dienone is 2. The number of aliphatic hydroxyl groups excluding tert-OH is 1. The maximum absolute atomic E-state index is 12.4. The molecule has 65 heavy (non-hydrogen) atoms. The lowest BCUT2D eigenvalue weighted by Gasteiger charge is -2.41. The van der Waals surface area contributed by atoms with E-state index in [-0.39, 0.29) is 5.92 Å². The molecule has 15 nitrogen and oxygen atoms in total. The number of rotatable bonds is 15. The maximum atomic E-state index is 12.4. The number of phenolic OH excluding ortho intramolecular Hbond substituents is 2. The van der Waals surface area contributed by atoms with Gasteiger partial charge >= 0.3 is 0 Å². The van der Waals surface area contributed by atoms with Crippen LogP contribution in [-0.4, -0.2) is 222 Å². The van der Waals surface area contributed by atoms with E-state index in [9.17, 15) is 15.3 Å². The van der Waals surface area contributed by atoms with Gasteiger partial charge in [0.25, 0.3) is 0 Å². The predicted octanol–water partition coefficient (Wildman–Crippen LogP) is 2.24. The van der Waals surface area contributed by atoms with Crippen LogP contribution in [0.4, 0.5) is 0 Å². The number of aliphatic hydroxyl groups is 1. The Bertz CT molecular complexity index is 1750. The van der Waals surface area contributed by atoms with Gasteiger partial charge in [-0.3, -0.25) is 29.4 Å². The summed E-state index contributed by atoms with van der Waals surface area (Å²) in [4.78, 5) is 14.4. The van der Waals surface area contributed by atoms with E-state index in [4.69, 9.17) is 28.4 Å². The van der Waals surface area contributed by atoms with Crippen LogP contribution in [-0.2, 0) is 60.0 Å². The average Bonchev–Trinajstić information content (AvgIpc) is 3.34. The van der Waals surface area contributed by atoms with Crippen LogP contribution in [0.5, 0.6) is 11.5 Å². The monoisotopic (exact) mass is 903 g/mol. The number of phenols is 2. The molecule has 6 saturated heterocycles. The summed E-state index contributed by atoms with van der Waals surface area (Å²) in [5.74, 6) is 0.532. The minimum Gasteiger partial charge on any atom is -0.507 e. The van der Waals surface area contributed by atoms with Crippen LogP contribution in [0, 0.1) is 5.92 Å². The molecule has 9 rings (SSSR count). The van der Waals surface area contributed by atoms with Crippen molar-refractivity contribution in [2.45, 2.75) is 44.6 Å².